The van der Waals surface area contributed by atoms with Gasteiger partial charge in [0.1, 0.15) is 17.2 Å². The SMILES string of the molecule is CC(C)c1ccccc1OCC(Br)C(F)(F)F. The molecule has 1 atom stereocenters. The molecule has 0 aliphatic carbocycles. The van der Waals surface area contributed by atoms with Gasteiger partial charge in [0.15, 0.2) is 0 Å². The Balaban J connectivity index is 2.70. The molecule has 0 spiro atoms. The lowest BCUT2D eigenvalue weighted by Gasteiger charge is -2.17. The first kappa shape index (κ1) is 14.4. The van der Waals surface area contributed by atoms with Crippen molar-refractivity contribution in [2.45, 2.75) is 30.8 Å². The summed E-state index contributed by atoms with van der Waals surface area (Å²) in [6, 6.07) is 7.14. The van der Waals surface area contributed by atoms with E-state index in [0.29, 0.717) is 5.75 Å². The standard InChI is InChI=1S/C12H14BrF3O/c1-8(2)9-5-3-4-6-10(9)17-7-11(13)12(14,15)16/h3-6,8,11H,7H2,1-2H3. The van der Waals surface area contributed by atoms with Gasteiger partial charge in [-0.25, -0.2) is 0 Å². The van der Waals surface area contributed by atoms with Crippen LogP contribution in [0.15, 0.2) is 24.3 Å². The molecule has 5 heteroatoms. The molecule has 0 saturated carbocycles. The van der Waals surface area contributed by atoms with Gasteiger partial charge in [-0.1, -0.05) is 48.0 Å². The van der Waals surface area contributed by atoms with Crippen molar-refractivity contribution >= 4 is 15.9 Å². The van der Waals surface area contributed by atoms with Crippen LogP contribution in [0.4, 0.5) is 13.2 Å². The van der Waals surface area contributed by atoms with Crippen LogP contribution in [0.2, 0.25) is 0 Å². The Kier molecular flexibility index (Phi) is 4.86. The minimum absolute atomic E-state index is 0.214. The summed E-state index contributed by atoms with van der Waals surface area (Å²) in [5, 5.41) is 0. The largest absolute Gasteiger partial charge is 0.492 e. The normalized spacial score (nSPS) is 13.8. The second-order valence-electron chi connectivity index (χ2n) is 4.01. The predicted molar refractivity (Wildman–Crippen MR) is 64.8 cm³/mol. The summed E-state index contributed by atoms with van der Waals surface area (Å²) in [6.07, 6.45) is -4.28. The molecule has 1 rings (SSSR count). The predicted octanol–water partition coefficient (Wildman–Crippen LogP) is 4.51. The maximum absolute atomic E-state index is 12.3. The van der Waals surface area contributed by atoms with Crippen LogP contribution in [0, 0.1) is 0 Å². The molecule has 17 heavy (non-hydrogen) atoms. The fraction of sp³-hybridized carbons (Fsp3) is 0.500. The highest BCUT2D eigenvalue weighted by molar-refractivity contribution is 9.09. The molecule has 1 unspecified atom stereocenters. The van der Waals surface area contributed by atoms with Crippen LogP contribution in [0.25, 0.3) is 0 Å². The van der Waals surface area contributed by atoms with Crippen molar-refractivity contribution in [3.8, 4) is 5.75 Å². The van der Waals surface area contributed by atoms with E-state index in [2.05, 4.69) is 15.9 Å². The minimum Gasteiger partial charge on any atom is -0.492 e. The van der Waals surface area contributed by atoms with E-state index in [-0.39, 0.29) is 5.92 Å². The zero-order valence-corrected chi connectivity index (χ0v) is 11.2. The fourth-order valence-electron chi connectivity index (χ4n) is 1.35. The molecule has 0 saturated heterocycles. The molecular formula is C12H14BrF3O. The van der Waals surface area contributed by atoms with Crippen LogP contribution >= 0.6 is 15.9 Å². The second kappa shape index (κ2) is 5.76. The average Bonchev–Trinajstić information content (AvgIpc) is 2.24. The van der Waals surface area contributed by atoms with E-state index in [9.17, 15) is 13.2 Å². The first-order valence-corrected chi connectivity index (χ1v) is 6.16. The van der Waals surface area contributed by atoms with Gasteiger partial charge in [0.2, 0.25) is 0 Å². The molecule has 0 fully saturated rings. The molecular weight excluding hydrogens is 297 g/mol. The Hall–Kier alpha value is -0.710. The Bertz CT molecular complexity index is 363. The van der Waals surface area contributed by atoms with E-state index in [4.69, 9.17) is 4.74 Å². The van der Waals surface area contributed by atoms with Crippen LogP contribution in [0.5, 0.6) is 5.75 Å². The molecule has 0 aromatic heterocycles. The number of rotatable bonds is 4. The minimum atomic E-state index is -4.28. The Morgan fingerprint density at radius 3 is 2.35 bits per heavy atom. The zero-order chi connectivity index (χ0) is 13.1. The lowest BCUT2D eigenvalue weighted by Crippen LogP contribution is -2.29. The molecule has 0 aliphatic rings. The molecule has 0 heterocycles. The monoisotopic (exact) mass is 310 g/mol. The Morgan fingerprint density at radius 1 is 1.24 bits per heavy atom. The maximum atomic E-state index is 12.3. The van der Waals surface area contributed by atoms with E-state index in [0.717, 1.165) is 5.56 Å². The molecule has 1 nitrogen and oxygen atoms in total. The van der Waals surface area contributed by atoms with E-state index in [1.54, 1.807) is 12.1 Å². The third-order valence-electron chi connectivity index (χ3n) is 2.28. The Morgan fingerprint density at radius 2 is 1.82 bits per heavy atom. The summed E-state index contributed by atoms with van der Waals surface area (Å²) in [7, 11) is 0. The summed E-state index contributed by atoms with van der Waals surface area (Å²) in [5.41, 5.74) is 0.911. The van der Waals surface area contributed by atoms with Gasteiger partial charge in [-0.3, -0.25) is 0 Å². The van der Waals surface area contributed by atoms with E-state index < -0.39 is 17.6 Å². The van der Waals surface area contributed by atoms with Crippen molar-refractivity contribution in [3.63, 3.8) is 0 Å². The maximum Gasteiger partial charge on any atom is 0.404 e. The summed E-state index contributed by atoms with van der Waals surface area (Å²) >= 11 is 2.57. The van der Waals surface area contributed by atoms with Crippen molar-refractivity contribution in [2.24, 2.45) is 0 Å². The Labute approximate surface area is 107 Å². The number of hydrogen-bond acceptors (Lipinski definition) is 1. The number of alkyl halides is 4. The van der Waals surface area contributed by atoms with Gasteiger partial charge < -0.3 is 4.74 Å². The molecule has 0 radical (unpaired) electrons. The highest BCUT2D eigenvalue weighted by Gasteiger charge is 2.38. The smallest absolute Gasteiger partial charge is 0.404 e. The molecule has 0 bridgehead atoms. The molecule has 96 valence electrons. The molecule has 1 aromatic rings. The van der Waals surface area contributed by atoms with Crippen LogP contribution in [-0.4, -0.2) is 17.6 Å². The summed E-state index contributed by atoms with van der Waals surface area (Å²) in [5.74, 6) is 0.724. The van der Waals surface area contributed by atoms with Crippen molar-refractivity contribution in [3.05, 3.63) is 29.8 Å². The zero-order valence-electron chi connectivity index (χ0n) is 9.59. The first-order chi connectivity index (χ1) is 7.82. The lowest BCUT2D eigenvalue weighted by molar-refractivity contribution is -0.132. The third kappa shape index (κ3) is 4.22. The molecule has 0 N–H and O–H groups in total. The number of benzene rings is 1. The van der Waals surface area contributed by atoms with Gasteiger partial charge in [0, 0.05) is 0 Å². The molecule has 1 aromatic carbocycles. The third-order valence-corrected chi connectivity index (χ3v) is 3.06. The average molecular weight is 311 g/mol. The van der Waals surface area contributed by atoms with Crippen molar-refractivity contribution in [1.82, 2.24) is 0 Å². The van der Waals surface area contributed by atoms with Crippen LogP contribution in [0.3, 0.4) is 0 Å². The van der Waals surface area contributed by atoms with Crippen LogP contribution in [-0.2, 0) is 0 Å². The van der Waals surface area contributed by atoms with E-state index in [1.807, 2.05) is 26.0 Å². The van der Waals surface area contributed by atoms with Crippen LogP contribution < -0.4 is 4.74 Å². The van der Waals surface area contributed by atoms with Crippen molar-refractivity contribution in [1.29, 1.82) is 0 Å². The van der Waals surface area contributed by atoms with Gasteiger partial charge in [-0.05, 0) is 17.5 Å². The number of para-hydroxylation sites is 1. The number of halogens is 4. The summed E-state index contributed by atoms with van der Waals surface area (Å²) < 4.78 is 42.1. The first-order valence-electron chi connectivity index (χ1n) is 5.25. The second-order valence-corrected chi connectivity index (χ2v) is 5.12. The number of ether oxygens (including phenoxy) is 1. The molecule has 0 amide bonds. The number of hydrogen-bond donors (Lipinski definition) is 0. The van der Waals surface area contributed by atoms with Crippen molar-refractivity contribution < 1.29 is 17.9 Å². The summed E-state index contributed by atoms with van der Waals surface area (Å²) in [4.78, 5) is -1.64. The van der Waals surface area contributed by atoms with Gasteiger partial charge in [-0.15, -0.1) is 0 Å². The highest BCUT2D eigenvalue weighted by Crippen LogP contribution is 2.29. The lowest BCUT2D eigenvalue weighted by atomic mass is 10.0. The van der Waals surface area contributed by atoms with Gasteiger partial charge in [0.05, 0.1) is 0 Å². The van der Waals surface area contributed by atoms with Crippen molar-refractivity contribution in [2.75, 3.05) is 6.61 Å². The van der Waals surface area contributed by atoms with Crippen LogP contribution in [0.1, 0.15) is 25.3 Å². The topological polar surface area (TPSA) is 9.23 Å². The van der Waals surface area contributed by atoms with Gasteiger partial charge in [-0.2, -0.15) is 13.2 Å². The van der Waals surface area contributed by atoms with Gasteiger partial charge >= 0.3 is 6.18 Å². The van der Waals surface area contributed by atoms with E-state index >= 15 is 0 Å². The highest BCUT2D eigenvalue weighted by atomic mass is 79.9. The quantitative estimate of drug-likeness (QED) is 0.743. The van der Waals surface area contributed by atoms with E-state index in [1.165, 1.54) is 0 Å². The van der Waals surface area contributed by atoms with Gasteiger partial charge in [0.25, 0.3) is 0 Å². The summed E-state index contributed by atoms with van der Waals surface area (Å²) in [6.45, 7) is 3.52. The molecule has 0 aliphatic heterocycles. The fourth-order valence-corrected chi connectivity index (χ4v) is 1.48.